The molecule has 0 aromatic carbocycles. The van der Waals surface area contributed by atoms with Crippen LogP contribution in [-0.4, -0.2) is 4.98 Å². The van der Waals surface area contributed by atoms with Crippen molar-refractivity contribution in [3.8, 4) is 6.07 Å². The number of nitrogens with zero attached hydrogens (tertiary/aromatic N) is 2. The van der Waals surface area contributed by atoms with Crippen LogP contribution >= 0.6 is 11.3 Å². The molecule has 4 heteroatoms. The fourth-order valence-electron chi connectivity index (χ4n) is 1.64. The fourth-order valence-corrected chi connectivity index (χ4v) is 2.55. The Morgan fingerprint density at radius 3 is 3.12 bits per heavy atom. The van der Waals surface area contributed by atoms with Crippen molar-refractivity contribution in [3.63, 3.8) is 0 Å². The monoisotopic (exact) mass is 243 g/mol. The molecule has 3 nitrogen and oxygen atoms in total. The van der Waals surface area contributed by atoms with E-state index in [0.29, 0.717) is 11.4 Å². The highest BCUT2D eigenvalue weighted by Crippen LogP contribution is 2.19. The second-order valence-electron chi connectivity index (χ2n) is 3.59. The molecule has 0 aliphatic rings. The third-order valence-corrected chi connectivity index (χ3v) is 3.53. The summed E-state index contributed by atoms with van der Waals surface area (Å²) in [5.74, 6) is 0.658. The maximum absolute atomic E-state index is 8.95. The van der Waals surface area contributed by atoms with Gasteiger partial charge in [0.25, 0.3) is 0 Å². The molecule has 0 fully saturated rings. The van der Waals surface area contributed by atoms with E-state index in [4.69, 9.17) is 5.26 Å². The van der Waals surface area contributed by atoms with E-state index >= 15 is 0 Å². The zero-order valence-corrected chi connectivity index (χ0v) is 10.4. The quantitative estimate of drug-likeness (QED) is 0.897. The number of nitriles is 1. The van der Waals surface area contributed by atoms with Crippen LogP contribution in [0, 0.1) is 11.3 Å². The first-order chi connectivity index (χ1) is 8.35. The predicted molar refractivity (Wildman–Crippen MR) is 70.0 cm³/mol. The average Bonchev–Trinajstić information content (AvgIpc) is 2.84. The smallest absolute Gasteiger partial charge is 0.144 e. The minimum Gasteiger partial charge on any atom is -0.364 e. The Bertz CT molecular complexity index is 540. The minimum atomic E-state index is 0.585. The van der Waals surface area contributed by atoms with Crippen LogP contribution in [-0.2, 0) is 13.0 Å². The Kier molecular flexibility index (Phi) is 3.73. The third kappa shape index (κ3) is 2.63. The van der Waals surface area contributed by atoms with Crippen molar-refractivity contribution >= 4 is 17.2 Å². The minimum absolute atomic E-state index is 0.585. The molecule has 86 valence electrons. The van der Waals surface area contributed by atoms with Crippen molar-refractivity contribution in [2.45, 2.75) is 19.9 Å². The number of hydrogen-bond donors (Lipinski definition) is 1. The summed E-state index contributed by atoms with van der Waals surface area (Å²) in [6.07, 6.45) is 2.73. The van der Waals surface area contributed by atoms with Gasteiger partial charge in [-0.3, -0.25) is 0 Å². The van der Waals surface area contributed by atoms with E-state index in [-0.39, 0.29) is 0 Å². The van der Waals surface area contributed by atoms with Gasteiger partial charge >= 0.3 is 0 Å². The van der Waals surface area contributed by atoms with Crippen molar-refractivity contribution < 1.29 is 0 Å². The van der Waals surface area contributed by atoms with Crippen LogP contribution in [0.5, 0.6) is 0 Å². The van der Waals surface area contributed by atoms with Crippen LogP contribution in [0.15, 0.2) is 29.8 Å². The predicted octanol–water partition coefficient (Wildman–Crippen LogP) is 3.19. The van der Waals surface area contributed by atoms with E-state index in [9.17, 15) is 0 Å². The van der Waals surface area contributed by atoms with E-state index in [0.717, 1.165) is 13.0 Å². The number of aromatic nitrogens is 1. The lowest BCUT2D eigenvalue weighted by atomic mass is 10.2. The maximum Gasteiger partial charge on any atom is 0.144 e. The van der Waals surface area contributed by atoms with Crippen LogP contribution in [0.2, 0.25) is 0 Å². The molecule has 0 saturated heterocycles. The maximum atomic E-state index is 8.95. The summed E-state index contributed by atoms with van der Waals surface area (Å²) in [5.41, 5.74) is 1.94. The molecule has 0 saturated carbocycles. The molecule has 2 rings (SSSR count). The lowest BCUT2D eigenvalue weighted by Gasteiger charge is -2.06. The molecule has 2 aromatic heterocycles. The molecule has 0 unspecified atom stereocenters. The lowest BCUT2D eigenvalue weighted by molar-refractivity contribution is 1.06. The lowest BCUT2D eigenvalue weighted by Crippen LogP contribution is -2.03. The first-order valence-electron chi connectivity index (χ1n) is 5.49. The van der Waals surface area contributed by atoms with Crippen molar-refractivity contribution in [2.24, 2.45) is 0 Å². The van der Waals surface area contributed by atoms with Crippen LogP contribution in [0.4, 0.5) is 5.82 Å². The summed E-state index contributed by atoms with van der Waals surface area (Å²) in [6.45, 7) is 2.87. The van der Waals surface area contributed by atoms with E-state index in [1.165, 1.54) is 10.4 Å². The summed E-state index contributed by atoms with van der Waals surface area (Å²) < 4.78 is 0. The number of pyridine rings is 1. The van der Waals surface area contributed by atoms with Gasteiger partial charge in [0.2, 0.25) is 0 Å². The zero-order chi connectivity index (χ0) is 12.1. The van der Waals surface area contributed by atoms with Crippen LogP contribution in [0.3, 0.4) is 0 Å². The Morgan fingerprint density at radius 2 is 2.35 bits per heavy atom. The Labute approximate surface area is 105 Å². The summed E-state index contributed by atoms with van der Waals surface area (Å²) in [5, 5.41) is 14.3. The molecule has 2 aromatic rings. The summed E-state index contributed by atoms with van der Waals surface area (Å²) in [6, 6.07) is 7.82. The average molecular weight is 243 g/mol. The highest BCUT2D eigenvalue weighted by atomic mass is 32.1. The second kappa shape index (κ2) is 5.46. The molecule has 0 bridgehead atoms. The summed E-state index contributed by atoms with van der Waals surface area (Å²) >= 11 is 1.73. The second-order valence-corrected chi connectivity index (χ2v) is 4.59. The standard InChI is InChI=1S/C13H13N3S/c1-2-10-5-7-17-12(10)9-16-13-11(8-14)4-3-6-15-13/h3-7H,2,9H2,1H3,(H,15,16). The van der Waals surface area contributed by atoms with Gasteiger partial charge in [-0.15, -0.1) is 11.3 Å². The van der Waals surface area contributed by atoms with Crippen molar-refractivity contribution in [1.29, 1.82) is 5.26 Å². The van der Waals surface area contributed by atoms with Crippen molar-refractivity contribution in [3.05, 3.63) is 45.8 Å². The van der Waals surface area contributed by atoms with Gasteiger partial charge in [0, 0.05) is 11.1 Å². The molecule has 2 heterocycles. The molecule has 0 atom stereocenters. The van der Waals surface area contributed by atoms with Gasteiger partial charge in [0.1, 0.15) is 11.9 Å². The Balaban J connectivity index is 2.10. The van der Waals surface area contributed by atoms with Gasteiger partial charge in [-0.05, 0) is 35.6 Å². The van der Waals surface area contributed by atoms with E-state index < -0.39 is 0 Å². The third-order valence-electron chi connectivity index (χ3n) is 2.56. The van der Waals surface area contributed by atoms with Gasteiger partial charge in [0.15, 0.2) is 0 Å². The fraction of sp³-hybridized carbons (Fsp3) is 0.231. The van der Waals surface area contributed by atoms with Crippen molar-refractivity contribution in [1.82, 2.24) is 4.98 Å². The van der Waals surface area contributed by atoms with Crippen LogP contribution < -0.4 is 5.32 Å². The molecule has 0 aliphatic carbocycles. The summed E-state index contributed by atoms with van der Waals surface area (Å²) in [7, 11) is 0. The molecular formula is C13H13N3S. The highest BCUT2D eigenvalue weighted by Gasteiger charge is 2.05. The van der Waals surface area contributed by atoms with E-state index in [2.05, 4.69) is 34.7 Å². The SMILES string of the molecule is CCc1ccsc1CNc1ncccc1C#N. The molecule has 0 aliphatic heterocycles. The number of anilines is 1. The number of rotatable bonds is 4. The molecule has 0 radical (unpaired) electrons. The first-order valence-corrected chi connectivity index (χ1v) is 6.37. The highest BCUT2D eigenvalue weighted by molar-refractivity contribution is 7.10. The van der Waals surface area contributed by atoms with Gasteiger partial charge in [0.05, 0.1) is 12.1 Å². The normalized spacial score (nSPS) is 9.88. The Morgan fingerprint density at radius 1 is 1.47 bits per heavy atom. The van der Waals surface area contributed by atoms with Gasteiger partial charge < -0.3 is 5.32 Å². The van der Waals surface area contributed by atoms with Gasteiger partial charge in [-0.25, -0.2) is 4.98 Å². The molecular weight excluding hydrogens is 230 g/mol. The molecule has 0 amide bonds. The molecule has 0 spiro atoms. The number of aryl methyl sites for hydroxylation is 1. The summed E-state index contributed by atoms with van der Waals surface area (Å²) in [4.78, 5) is 5.48. The molecule has 17 heavy (non-hydrogen) atoms. The first kappa shape index (κ1) is 11.6. The zero-order valence-electron chi connectivity index (χ0n) is 9.60. The topological polar surface area (TPSA) is 48.7 Å². The van der Waals surface area contributed by atoms with Gasteiger partial charge in [-0.2, -0.15) is 5.26 Å². The number of thiophene rings is 1. The Hall–Kier alpha value is -1.86. The van der Waals surface area contributed by atoms with Crippen LogP contribution in [0.25, 0.3) is 0 Å². The molecule has 1 N–H and O–H groups in total. The number of nitrogens with one attached hydrogen (secondary N) is 1. The van der Waals surface area contributed by atoms with E-state index in [1.54, 1.807) is 29.7 Å². The van der Waals surface area contributed by atoms with Crippen molar-refractivity contribution in [2.75, 3.05) is 5.32 Å². The largest absolute Gasteiger partial charge is 0.364 e. The van der Waals surface area contributed by atoms with E-state index in [1.807, 2.05) is 0 Å². The van der Waals surface area contributed by atoms with Crippen LogP contribution in [0.1, 0.15) is 22.9 Å². The number of hydrogen-bond acceptors (Lipinski definition) is 4. The van der Waals surface area contributed by atoms with Gasteiger partial charge in [-0.1, -0.05) is 6.92 Å².